The highest BCUT2D eigenvalue weighted by Crippen LogP contribution is 2.60. The van der Waals surface area contributed by atoms with E-state index in [1.807, 2.05) is 6.92 Å². The van der Waals surface area contributed by atoms with Crippen LogP contribution in [0.15, 0.2) is 0 Å². The van der Waals surface area contributed by atoms with Crippen LogP contribution in [0.2, 0.25) is 0 Å². The molecule has 3 fully saturated rings. The summed E-state index contributed by atoms with van der Waals surface area (Å²) in [5.74, 6) is 0.549. The second kappa shape index (κ2) is 6.90. The summed E-state index contributed by atoms with van der Waals surface area (Å²) < 4.78 is 5.26. The summed E-state index contributed by atoms with van der Waals surface area (Å²) in [6, 6.07) is 0. The zero-order valence-electron chi connectivity index (χ0n) is 16.1. The molecule has 0 spiro atoms. The van der Waals surface area contributed by atoms with E-state index in [9.17, 15) is 19.2 Å². The van der Waals surface area contributed by atoms with Crippen LogP contribution in [-0.2, 0) is 23.9 Å². The zero-order chi connectivity index (χ0) is 19.1. The SMILES string of the molecule is CC(=O)OC1CCC(C)(C2CCC3(C)C(=O)CCC3C2CC=O)C(=O)C1. The summed E-state index contributed by atoms with van der Waals surface area (Å²) in [6.07, 6.45) is 5.77. The van der Waals surface area contributed by atoms with Gasteiger partial charge in [-0.05, 0) is 49.9 Å². The molecule has 3 saturated carbocycles. The van der Waals surface area contributed by atoms with Gasteiger partial charge in [0, 0.05) is 37.0 Å². The monoisotopic (exact) mass is 362 g/mol. The van der Waals surface area contributed by atoms with Gasteiger partial charge in [-0.3, -0.25) is 14.4 Å². The molecule has 144 valence electrons. The Labute approximate surface area is 155 Å². The van der Waals surface area contributed by atoms with Gasteiger partial charge in [-0.25, -0.2) is 0 Å². The smallest absolute Gasteiger partial charge is 0.302 e. The fourth-order valence-corrected chi connectivity index (χ4v) is 6.16. The van der Waals surface area contributed by atoms with Gasteiger partial charge in [-0.1, -0.05) is 13.8 Å². The highest BCUT2D eigenvalue weighted by atomic mass is 16.5. The average Bonchev–Trinajstić information content (AvgIpc) is 2.87. The Morgan fingerprint density at radius 1 is 1.08 bits per heavy atom. The molecule has 6 unspecified atom stereocenters. The number of hydrogen-bond acceptors (Lipinski definition) is 5. The second-order valence-corrected chi connectivity index (χ2v) is 9.01. The molecular formula is C21H30O5. The fourth-order valence-electron chi connectivity index (χ4n) is 6.16. The lowest BCUT2D eigenvalue weighted by Gasteiger charge is -2.52. The van der Waals surface area contributed by atoms with Crippen LogP contribution < -0.4 is 0 Å². The van der Waals surface area contributed by atoms with Crippen molar-refractivity contribution in [2.45, 2.75) is 78.2 Å². The molecule has 0 aromatic heterocycles. The number of carbonyl (C=O) groups is 4. The summed E-state index contributed by atoms with van der Waals surface area (Å²) in [5.41, 5.74) is -0.810. The van der Waals surface area contributed by atoms with Gasteiger partial charge in [0.05, 0.1) is 0 Å². The van der Waals surface area contributed by atoms with Crippen LogP contribution in [0.4, 0.5) is 0 Å². The summed E-state index contributed by atoms with van der Waals surface area (Å²) >= 11 is 0. The predicted molar refractivity (Wildman–Crippen MR) is 95.3 cm³/mol. The van der Waals surface area contributed by atoms with Crippen LogP contribution >= 0.6 is 0 Å². The van der Waals surface area contributed by atoms with Crippen LogP contribution in [0.25, 0.3) is 0 Å². The van der Waals surface area contributed by atoms with Gasteiger partial charge >= 0.3 is 5.97 Å². The summed E-state index contributed by atoms with van der Waals surface area (Å²) in [7, 11) is 0. The molecule has 5 heteroatoms. The number of ether oxygens (including phenoxy) is 1. The quantitative estimate of drug-likeness (QED) is 0.566. The van der Waals surface area contributed by atoms with Crippen LogP contribution in [-0.4, -0.2) is 29.9 Å². The third-order valence-electron chi connectivity index (χ3n) is 7.70. The van der Waals surface area contributed by atoms with Crippen molar-refractivity contribution in [1.82, 2.24) is 0 Å². The van der Waals surface area contributed by atoms with E-state index >= 15 is 0 Å². The minimum atomic E-state index is -0.489. The number of Topliss-reactive ketones (excluding diaryl/α,β-unsaturated/α-hetero) is 2. The number of esters is 1. The number of rotatable bonds is 4. The largest absolute Gasteiger partial charge is 0.462 e. The molecular weight excluding hydrogens is 332 g/mol. The molecule has 0 aromatic rings. The molecule has 0 amide bonds. The molecule has 0 N–H and O–H groups in total. The lowest BCUT2D eigenvalue weighted by molar-refractivity contribution is -0.157. The van der Waals surface area contributed by atoms with Crippen molar-refractivity contribution >= 4 is 23.8 Å². The maximum absolute atomic E-state index is 13.0. The van der Waals surface area contributed by atoms with Crippen LogP contribution in [0.1, 0.15) is 72.1 Å². The minimum Gasteiger partial charge on any atom is -0.462 e. The molecule has 6 atom stereocenters. The molecule has 3 rings (SSSR count). The van der Waals surface area contributed by atoms with Crippen molar-refractivity contribution in [2.24, 2.45) is 28.6 Å². The maximum atomic E-state index is 13.0. The summed E-state index contributed by atoms with van der Waals surface area (Å²) in [5, 5.41) is 0. The Hall–Kier alpha value is -1.52. The van der Waals surface area contributed by atoms with Crippen molar-refractivity contribution in [2.75, 3.05) is 0 Å². The molecule has 5 nitrogen and oxygen atoms in total. The van der Waals surface area contributed by atoms with Gasteiger partial charge in [-0.15, -0.1) is 0 Å². The minimum absolute atomic E-state index is 0.0944. The number of ketones is 2. The lowest BCUT2D eigenvalue weighted by atomic mass is 9.51. The Balaban J connectivity index is 1.83. The Morgan fingerprint density at radius 2 is 1.69 bits per heavy atom. The van der Waals surface area contributed by atoms with Gasteiger partial charge in [0.25, 0.3) is 0 Å². The van der Waals surface area contributed by atoms with E-state index in [1.54, 1.807) is 0 Å². The lowest BCUT2D eigenvalue weighted by Crippen LogP contribution is -2.51. The van der Waals surface area contributed by atoms with Gasteiger partial charge in [0.2, 0.25) is 0 Å². The van der Waals surface area contributed by atoms with E-state index < -0.39 is 5.41 Å². The number of aldehydes is 1. The van der Waals surface area contributed by atoms with Crippen molar-refractivity contribution in [3.63, 3.8) is 0 Å². The maximum Gasteiger partial charge on any atom is 0.302 e. The average molecular weight is 362 g/mol. The molecule has 0 bridgehead atoms. The summed E-state index contributed by atoms with van der Waals surface area (Å²) in [6.45, 7) is 5.46. The molecule has 0 aliphatic heterocycles. The fraction of sp³-hybridized carbons (Fsp3) is 0.810. The van der Waals surface area contributed by atoms with E-state index in [4.69, 9.17) is 4.74 Å². The topological polar surface area (TPSA) is 77.5 Å². The van der Waals surface area contributed by atoms with E-state index in [1.165, 1.54) is 6.92 Å². The third-order valence-corrected chi connectivity index (χ3v) is 7.70. The molecule has 0 radical (unpaired) electrons. The van der Waals surface area contributed by atoms with Crippen LogP contribution in [0.3, 0.4) is 0 Å². The van der Waals surface area contributed by atoms with Crippen LogP contribution in [0.5, 0.6) is 0 Å². The van der Waals surface area contributed by atoms with Crippen LogP contribution in [0, 0.1) is 28.6 Å². The van der Waals surface area contributed by atoms with Crippen molar-refractivity contribution < 1.29 is 23.9 Å². The standard InChI is InChI=1S/C21H30O5/c1-13(23)26-14-6-9-21(3,19(25)12-14)17-7-10-20(2)16(4-5-18(20)24)15(17)8-11-22/h11,14-17H,4-10,12H2,1-3H3. The normalized spacial score (nSPS) is 43.0. The molecule has 0 saturated heterocycles. The Bertz CT molecular complexity index is 626. The second-order valence-electron chi connectivity index (χ2n) is 9.01. The van der Waals surface area contributed by atoms with Crippen molar-refractivity contribution in [1.29, 1.82) is 0 Å². The Kier molecular flexibility index (Phi) is 5.11. The third kappa shape index (κ3) is 3.03. The molecule has 0 aromatic carbocycles. The van der Waals surface area contributed by atoms with Crippen molar-refractivity contribution in [3.05, 3.63) is 0 Å². The number of fused-ring (bicyclic) bond motifs is 1. The molecule has 3 aliphatic carbocycles. The van der Waals surface area contributed by atoms with E-state index in [2.05, 4.69) is 6.92 Å². The first-order chi connectivity index (χ1) is 12.2. The van der Waals surface area contributed by atoms with E-state index in [-0.39, 0.29) is 47.4 Å². The molecule has 3 aliphatic rings. The number of carbonyl (C=O) groups excluding carboxylic acids is 4. The Morgan fingerprint density at radius 3 is 2.31 bits per heavy atom. The molecule has 26 heavy (non-hydrogen) atoms. The first-order valence-electron chi connectivity index (χ1n) is 9.90. The van der Waals surface area contributed by atoms with E-state index in [0.29, 0.717) is 31.5 Å². The zero-order valence-corrected chi connectivity index (χ0v) is 16.1. The first kappa shape index (κ1) is 19.2. The summed E-state index contributed by atoms with van der Waals surface area (Å²) in [4.78, 5) is 48.1. The van der Waals surface area contributed by atoms with Gasteiger partial charge in [0.1, 0.15) is 24.0 Å². The van der Waals surface area contributed by atoms with Gasteiger partial charge in [0.15, 0.2) is 0 Å². The first-order valence-corrected chi connectivity index (χ1v) is 9.90. The molecule has 0 heterocycles. The van der Waals surface area contributed by atoms with E-state index in [0.717, 1.165) is 25.5 Å². The van der Waals surface area contributed by atoms with Gasteiger partial charge in [-0.2, -0.15) is 0 Å². The highest BCUT2D eigenvalue weighted by Gasteiger charge is 2.58. The highest BCUT2D eigenvalue weighted by molar-refractivity contribution is 5.88. The number of hydrogen-bond donors (Lipinski definition) is 0. The predicted octanol–water partition coefficient (Wildman–Crippen LogP) is 3.28. The van der Waals surface area contributed by atoms with Gasteiger partial charge < -0.3 is 9.53 Å². The van der Waals surface area contributed by atoms with Crippen molar-refractivity contribution in [3.8, 4) is 0 Å².